The Labute approximate surface area is 64.3 Å². The average Bonchev–Trinajstić information content (AvgIpc) is 2.47. The van der Waals surface area contributed by atoms with Gasteiger partial charge in [-0.25, -0.2) is 4.98 Å². The summed E-state index contributed by atoms with van der Waals surface area (Å²) in [6, 6.07) is 0. The van der Waals surface area contributed by atoms with Gasteiger partial charge in [0.15, 0.2) is 0 Å². The number of nitrogens with zero attached hydrogens (tertiary/aromatic N) is 5. The third kappa shape index (κ3) is 1.72. The van der Waals surface area contributed by atoms with Gasteiger partial charge in [0.25, 0.3) is 0 Å². The molecule has 0 saturated carbocycles. The summed E-state index contributed by atoms with van der Waals surface area (Å²) in [4.78, 5) is 6.60. The monoisotopic (exact) mass is 151 g/mol. The van der Waals surface area contributed by atoms with E-state index in [9.17, 15) is 0 Å². The Hall–Kier alpha value is -1.48. The van der Waals surface area contributed by atoms with Crippen LogP contribution in [0.2, 0.25) is 0 Å². The van der Waals surface area contributed by atoms with E-state index < -0.39 is 0 Å². The molecule has 1 heterocycles. The SMILES string of the molecule is CCn1cncc1CN=[N+]=[N-]. The Morgan fingerprint density at radius 3 is 3.27 bits per heavy atom. The molecule has 0 saturated heterocycles. The highest BCUT2D eigenvalue weighted by molar-refractivity contribution is 4.97. The zero-order valence-electron chi connectivity index (χ0n) is 6.30. The van der Waals surface area contributed by atoms with Crippen LogP contribution >= 0.6 is 0 Å². The highest BCUT2D eigenvalue weighted by Gasteiger charge is 1.96. The van der Waals surface area contributed by atoms with E-state index in [2.05, 4.69) is 15.0 Å². The summed E-state index contributed by atoms with van der Waals surface area (Å²) in [5.41, 5.74) is 9.01. The highest BCUT2D eigenvalue weighted by atomic mass is 15.1. The molecule has 0 aromatic carbocycles. The van der Waals surface area contributed by atoms with Gasteiger partial charge in [-0.15, -0.1) is 0 Å². The second kappa shape index (κ2) is 3.63. The van der Waals surface area contributed by atoms with E-state index in [1.807, 2.05) is 11.5 Å². The van der Waals surface area contributed by atoms with E-state index in [1.165, 1.54) is 0 Å². The standard InChI is InChI=1S/C6H9N5/c1-2-11-5-8-3-6(11)4-9-10-7/h3,5H,2,4H2,1H3. The maximum absolute atomic E-state index is 8.06. The van der Waals surface area contributed by atoms with Crippen LogP contribution < -0.4 is 0 Å². The summed E-state index contributed by atoms with van der Waals surface area (Å²) in [5, 5.41) is 3.44. The molecule has 0 atom stereocenters. The lowest BCUT2D eigenvalue weighted by atomic mass is 10.4. The second-order valence-corrected chi connectivity index (χ2v) is 2.06. The smallest absolute Gasteiger partial charge is 0.0948 e. The van der Waals surface area contributed by atoms with Gasteiger partial charge >= 0.3 is 0 Å². The fourth-order valence-electron chi connectivity index (χ4n) is 0.869. The van der Waals surface area contributed by atoms with Crippen molar-refractivity contribution >= 4 is 0 Å². The number of rotatable bonds is 3. The van der Waals surface area contributed by atoms with Gasteiger partial charge in [-0.1, -0.05) is 5.11 Å². The van der Waals surface area contributed by atoms with Crippen LogP contribution in [0.25, 0.3) is 10.4 Å². The first kappa shape index (κ1) is 7.63. The summed E-state index contributed by atoms with van der Waals surface area (Å²) >= 11 is 0. The molecule has 0 aliphatic rings. The zero-order valence-corrected chi connectivity index (χ0v) is 6.30. The second-order valence-electron chi connectivity index (χ2n) is 2.06. The molecule has 58 valence electrons. The number of hydrogen-bond acceptors (Lipinski definition) is 2. The van der Waals surface area contributed by atoms with Crippen LogP contribution in [0, 0.1) is 0 Å². The summed E-state index contributed by atoms with van der Waals surface area (Å²) in [7, 11) is 0. The third-order valence-electron chi connectivity index (χ3n) is 1.44. The Balaban J connectivity index is 2.75. The van der Waals surface area contributed by atoms with Gasteiger partial charge in [-0.3, -0.25) is 0 Å². The molecule has 0 amide bonds. The fourth-order valence-corrected chi connectivity index (χ4v) is 0.869. The van der Waals surface area contributed by atoms with Crippen molar-refractivity contribution in [1.29, 1.82) is 0 Å². The predicted molar refractivity (Wildman–Crippen MR) is 40.8 cm³/mol. The Kier molecular flexibility index (Phi) is 2.52. The van der Waals surface area contributed by atoms with Crippen LogP contribution in [0.15, 0.2) is 17.6 Å². The molecule has 5 heteroatoms. The molecule has 5 nitrogen and oxygen atoms in total. The summed E-state index contributed by atoms with van der Waals surface area (Å²) < 4.78 is 1.94. The number of aromatic nitrogens is 2. The molecule has 11 heavy (non-hydrogen) atoms. The van der Waals surface area contributed by atoms with Crippen LogP contribution in [0.3, 0.4) is 0 Å². The maximum Gasteiger partial charge on any atom is 0.0948 e. The van der Waals surface area contributed by atoms with Gasteiger partial charge in [0.05, 0.1) is 12.9 Å². The van der Waals surface area contributed by atoms with Crippen LogP contribution in [0.4, 0.5) is 0 Å². The molecule has 0 radical (unpaired) electrons. The number of hydrogen-bond donors (Lipinski definition) is 0. The van der Waals surface area contributed by atoms with Crippen molar-refractivity contribution in [2.24, 2.45) is 5.11 Å². The van der Waals surface area contributed by atoms with Crippen LogP contribution in [-0.2, 0) is 13.1 Å². The fraction of sp³-hybridized carbons (Fsp3) is 0.500. The quantitative estimate of drug-likeness (QED) is 0.368. The molecule has 0 unspecified atom stereocenters. The molecule has 0 N–H and O–H groups in total. The van der Waals surface area contributed by atoms with Crippen molar-refractivity contribution in [2.45, 2.75) is 20.0 Å². The lowest BCUT2D eigenvalue weighted by molar-refractivity contribution is 0.711. The topological polar surface area (TPSA) is 66.6 Å². The van der Waals surface area contributed by atoms with Crippen molar-refractivity contribution in [3.05, 3.63) is 28.7 Å². The van der Waals surface area contributed by atoms with Crippen LogP contribution in [-0.4, -0.2) is 9.55 Å². The summed E-state index contributed by atoms with van der Waals surface area (Å²) in [5.74, 6) is 0. The van der Waals surface area contributed by atoms with Crippen LogP contribution in [0.1, 0.15) is 12.6 Å². The van der Waals surface area contributed by atoms with Crippen LogP contribution in [0.5, 0.6) is 0 Å². The minimum atomic E-state index is 0.379. The normalized spacial score (nSPS) is 9.18. The van der Waals surface area contributed by atoms with Gasteiger partial charge in [0, 0.05) is 23.3 Å². The third-order valence-corrected chi connectivity index (χ3v) is 1.44. The van der Waals surface area contributed by atoms with E-state index >= 15 is 0 Å². The number of imidazole rings is 1. The molecule has 1 aromatic heterocycles. The van der Waals surface area contributed by atoms with Crippen molar-refractivity contribution in [1.82, 2.24) is 9.55 Å². The largest absolute Gasteiger partial charge is 0.335 e. The molecular formula is C6H9N5. The molecule has 0 spiro atoms. The lowest BCUT2D eigenvalue weighted by Crippen LogP contribution is -1.96. The number of azide groups is 1. The molecule has 0 bridgehead atoms. The van der Waals surface area contributed by atoms with Crippen molar-refractivity contribution in [3.63, 3.8) is 0 Å². The van der Waals surface area contributed by atoms with Crippen molar-refractivity contribution in [3.8, 4) is 0 Å². The zero-order chi connectivity index (χ0) is 8.10. The Morgan fingerprint density at radius 1 is 1.82 bits per heavy atom. The minimum absolute atomic E-state index is 0.379. The maximum atomic E-state index is 8.06. The van der Waals surface area contributed by atoms with Gasteiger partial charge in [0.2, 0.25) is 0 Å². The first-order chi connectivity index (χ1) is 5.38. The molecular weight excluding hydrogens is 142 g/mol. The van der Waals surface area contributed by atoms with Gasteiger partial charge < -0.3 is 4.57 Å². The predicted octanol–water partition coefficient (Wildman–Crippen LogP) is 1.71. The van der Waals surface area contributed by atoms with Gasteiger partial charge in [-0.05, 0) is 12.5 Å². The van der Waals surface area contributed by atoms with Crippen molar-refractivity contribution < 1.29 is 0 Å². The minimum Gasteiger partial charge on any atom is -0.335 e. The van der Waals surface area contributed by atoms with E-state index in [1.54, 1.807) is 12.5 Å². The number of aryl methyl sites for hydroxylation is 1. The lowest BCUT2D eigenvalue weighted by Gasteiger charge is -1.99. The summed E-state index contributed by atoms with van der Waals surface area (Å²) in [6.07, 6.45) is 3.43. The van der Waals surface area contributed by atoms with E-state index in [-0.39, 0.29) is 0 Å². The van der Waals surface area contributed by atoms with E-state index in [0.717, 1.165) is 12.2 Å². The average molecular weight is 151 g/mol. The van der Waals surface area contributed by atoms with E-state index in [0.29, 0.717) is 6.54 Å². The van der Waals surface area contributed by atoms with Gasteiger partial charge in [-0.2, -0.15) is 0 Å². The van der Waals surface area contributed by atoms with Gasteiger partial charge in [0.1, 0.15) is 0 Å². The molecule has 0 fully saturated rings. The first-order valence-electron chi connectivity index (χ1n) is 3.38. The Bertz CT molecular complexity index is 270. The molecule has 1 aromatic rings. The first-order valence-corrected chi connectivity index (χ1v) is 3.38. The molecule has 0 aliphatic carbocycles. The molecule has 0 aliphatic heterocycles. The van der Waals surface area contributed by atoms with Crippen molar-refractivity contribution in [2.75, 3.05) is 0 Å². The Morgan fingerprint density at radius 2 is 2.64 bits per heavy atom. The summed E-state index contributed by atoms with van der Waals surface area (Å²) in [6.45, 7) is 3.25. The molecule has 1 rings (SSSR count). The van der Waals surface area contributed by atoms with E-state index in [4.69, 9.17) is 5.53 Å². The highest BCUT2D eigenvalue weighted by Crippen LogP contribution is 2.00.